The predicted molar refractivity (Wildman–Crippen MR) is 83.3 cm³/mol. The van der Waals surface area contributed by atoms with Gasteiger partial charge in [-0.25, -0.2) is 13.1 Å². The molecule has 0 saturated carbocycles. The topological polar surface area (TPSA) is 92.5 Å². The summed E-state index contributed by atoms with van der Waals surface area (Å²) >= 11 is 0. The van der Waals surface area contributed by atoms with Crippen molar-refractivity contribution < 1.29 is 13.3 Å². The average Bonchev–Trinajstić information content (AvgIpc) is 2.63. The fraction of sp³-hybridized carbons (Fsp3) is 0.571. The van der Waals surface area contributed by atoms with E-state index in [0.29, 0.717) is 0 Å². The van der Waals surface area contributed by atoms with Crippen LogP contribution in [0.2, 0.25) is 0 Å². The molecule has 0 aliphatic carbocycles. The van der Waals surface area contributed by atoms with E-state index in [4.69, 9.17) is 0 Å². The van der Waals surface area contributed by atoms with Gasteiger partial charge >= 0.3 is 0 Å². The lowest BCUT2D eigenvalue weighted by molar-refractivity contribution is -0.385. The van der Waals surface area contributed by atoms with Crippen molar-refractivity contribution in [3.8, 4) is 0 Å². The Bertz CT molecular complexity index is 660. The van der Waals surface area contributed by atoms with Gasteiger partial charge in [0.05, 0.1) is 9.82 Å². The molecule has 1 fully saturated rings. The number of rotatable bonds is 4. The normalized spacial score (nSPS) is 20.5. The third-order valence-electron chi connectivity index (χ3n) is 4.02. The molecular weight excluding hydrogens is 306 g/mol. The van der Waals surface area contributed by atoms with Gasteiger partial charge in [0.25, 0.3) is 5.69 Å². The molecule has 1 aliphatic rings. The first kappa shape index (κ1) is 16.9. The highest BCUT2D eigenvalue weighted by molar-refractivity contribution is 7.89. The smallest absolute Gasteiger partial charge is 0.273 e. The lowest BCUT2D eigenvalue weighted by Crippen LogP contribution is -2.35. The van der Waals surface area contributed by atoms with E-state index in [9.17, 15) is 18.5 Å². The molecule has 1 aliphatic heterocycles. The van der Waals surface area contributed by atoms with E-state index >= 15 is 0 Å². The van der Waals surface area contributed by atoms with Crippen molar-refractivity contribution in [2.24, 2.45) is 0 Å². The molecule has 0 radical (unpaired) electrons. The van der Waals surface area contributed by atoms with E-state index in [1.165, 1.54) is 25.1 Å². The SMILES string of the molecule is Cc1c([N+](=O)[O-])cccc1S(=O)(=O)NC1CCCN(C)CC1. The number of hydrogen-bond acceptors (Lipinski definition) is 5. The zero-order valence-electron chi connectivity index (χ0n) is 12.8. The van der Waals surface area contributed by atoms with Gasteiger partial charge in [-0.05, 0) is 52.4 Å². The van der Waals surface area contributed by atoms with E-state index < -0.39 is 14.9 Å². The minimum absolute atomic E-state index is 0.0145. The summed E-state index contributed by atoms with van der Waals surface area (Å²) in [6.07, 6.45) is 2.44. The summed E-state index contributed by atoms with van der Waals surface area (Å²) in [7, 11) is -1.74. The molecule has 1 aromatic carbocycles. The second-order valence-corrected chi connectivity index (χ2v) is 7.39. The highest BCUT2D eigenvalue weighted by atomic mass is 32.2. The van der Waals surface area contributed by atoms with Crippen LogP contribution in [0.4, 0.5) is 5.69 Å². The Balaban J connectivity index is 2.24. The van der Waals surface area contributed by atoms with Crippen LogP contribution in [0, 0.1) is 17.0 Å². The Hall–Kier alpha value is -1.51. The summed E-state index contributed by atoms with van der Waals surface area (Å²) in [6, 6.07) is 4.00. The summed E-state index contributed by atoms with van der Waals surface area (Å²) in [5.41, 5.74) is -0.00536. The van der Waals surface area contributed by atoms with Gasteiger partial charge in [0.1, 0.15) is 0 Å². The first-order valence-corrected chi connectivity index (χ1v) is 8.74. The minimum Gasteiger partial charge on any atom is -0.306 e. The maximum Gasteiger partial charge on any atom is 0.273 e. The monoisotopic (exact) mass is 327 g/mol. The van der Waals surface area contributed by atoms with Crippen LogP contribution in [0.1, 0.15) is 24.8 Å². The Morgan fingerprint density at radius 3 is 2.73 bits per heavy atom. The van der Waals surface area contributed by atoms with Gasteiger partial charge in [-0.2, -0.15) is 0 Å². The summed E-state index contributed by atoms with van der Waals surface area (Å²) in [6.45, 7) is 3.25. The van der Waals surface area contributed by atoms with Crippen LogP contribution < -0.4 is 4.72 Å². The van der Waals surface area contributed by atoms with Crippen LogP contribution in [-0.2, 0) is 10.0 Å². The standard InChI is InChI=1S/C14H21N3O4S/c1-11-13(17(18)19)6-3-7-14(11)22(20,21)15-12-5-4-9-16(2)10-8-12/h3,6-7,12,15H,4-5,8-10H2,1-2H3. The molecule has 0 amide bonds. The molecule has 1 heterocycles. The zero-order chi connectivity index (χ0) is 16.3. The molecule has 7 nitrogen and oxygen atoms in total. The van der Waals surface area contributed by atoms with Crippen molar-refractivity contribution in [3.63, 3.8) is 0 Å². The second-order valence-electron chi connectivity index (χ2n) is 5.71. The van der Waals surface area contributed by atoms with E-state index in [1.807, 2.05) is 7.05 Å². The van der Waals surface area contributed by atoms with E-state index in [-0.39, 0.29) is 22.2 Å². The highest BCUT2D eigenvalue weighted by Gasteiger charge is 2.26. The first-order chi connectivity index (χ1) is 10.3. The highest BCUT2D eigenvalue weighted by Crippen LogP contribution is 2.25. The fourth-order valence-electron chi connectivity index (χ4n) is 2.73. The number of sulfonamides is 1. The lowest BCUT2D eigenvalue weighted by atomic mass is 10.1. The fourth-order valence-corrected chi connectivity index (χ4v) is 4.30. The molecule has 1 unspecified atom stereocenters. The second kappa shape index (κ2) is 6.72. The van der Waals surface area contributed by atoms with E-state index in [0.717, 1.165) is 32.4 Å². The van der Waals surface area contributed by atoms with E-state index in [2.05, 4.69) is 9.62 Å². The van der Waals surface area contributed by atoms with Crippen molar-refractivity contribution in [2.45, 2.75) is 37.1 Å². The van der Waals surface area contributed by atoms with Gasteiger partial charge in [0, 0.05) is 17.7 Å². The molecule has 22 heavy (non-hydrogen) atoms. The molecule has 1 atom stereocenters. The average molecular weight is 327 g/mol. The minimum atomic E-state index is -3.75. The van der Waals surface area contributed by atoms with Crippen LogP contribution in [0.25, 0.3) is 0 Å². The Morgan fingerprint density at radius 2 is 2.05 bits per heavy atom. The van der Waals surface area contributed by atoms with Gasteiger partial charge in [-0.15, -0.1) is 0 Å². The number of nitro benzene ring substituents is 1. The number of benzene rings is 1. The zero-order valence-corrected chi connectivity index (χ0v) is 13.6. The Labute approximate surface area is 130 Å². The first-order valence-electron chi connectivity index (χ1n) is 7.26. The molecule has 8 heteroatoms. The summed E-state index contributed by atoms with van der Waals surface area (Å²) in [5, 5.41) is 11.0. The molecule has 1 N–H and O–H groups in total. The molecule has 1 saturated heterocycles. The molecular formula is C14H21N3O4S. The predicted octanol–water partition coefficient (Wildman–Crippen LogP) is 1.67. The van der Waals surface area contributed by atoms with Gasteiger partial charge in [0.15, 0.2) is 0 Å². The van der Waals surface area contributed by atoms with Crippen molar-refractivity contribution in [3.05, 3.63) is 33.9 Å². The van der Waals surface area contributed by atoms with Crippen molar-refractivity contribution in [1.29, 1.82) is 0 Å². The Kier molecular flexibility index (Phi) is 5.15. The third kappa shape index (κ3) is 3.82. The van der Waals surface area contributed by atoms with Crippen LogP contribution in [0.3, 0.4) is 0 Å². The van der Waals surface area contributed by atoms with Crippen molar-refractivity contribution >= 4 is 15.7 Å². The molecule has 1 aromatic rings. The third-order valence-corrected chi connectivity index (χ3v) is 5.68. The van der Waals surface area contributed by atoms with Gasteiger partial charge in [0.2, 0.25) is 10.0 Å². The summed E-state index contributed by atoms with van der Waals surface area (Å²) in [4.78, 5) is 12.6. The van der Waals surface area contributed by atoms with Gasteiger partial charge in [-0.1, -0.05) is 6.07 Å². The number of nitro groups is 1. The van der Waals surface area contributed by atoms with Crippen LogP contribution in [0.5, 0.6) is 0 Å². The molecule has 0 aromatic heterocycles. The Morgan fingerprint density at radius 1 is 1.32 bits per heavy atom. The number of likely N-dealkylation sites (tertiary alicyclic amines) is 1. The maximum atomic E-state index is 12.5. The summed E-state index contributed by atoms with van der Waals surface area (Å²) < 4.78 is 27.8. The number of hydrogen-bond donors (Lipinski definition) is 1. The maximum absolute atomic E-state index is 12.5. The van der Waals surface area contributed by atoms with Crippen LogP contribution in [-0.4, -0.2) is 44.4 Å². The van der Waals surface area contributed by atoms with Crippen molar-refractivity contribution in [2.75, 3.05) is 20.1 Å². The lowest BCUT2D eigenvalue weighted by Gasteiger charge is -2.17. The quantitative estimate of drug-likeness (QED) is 0.671. The summed E-state index contributed by atoms with van der Waals surface area (Å²) in [5.74, 6) is 0. The van der Waals surface area contributed by atoms with Gasteiger partial charge in [-0.3, -0.25) is 10.1 Å². The molecule has 0 spiro atoms. The largest absolute Gasteiger partial charge is 0.306 e. The van der Waals surface area contributed by atoms with Crippen LogP contribution >= 0.6 is 0 Å². The number of nitrogens with zero attached hydrogens (tertiary/aromatic N) is 2. The molecule has 0 bridgehead atoms. The number of nitrogens with one attached hydrogen (secondary N) is 1. The molecule has 2 rings (SSSR count). The van der Waals surface area contributed by atoms with Crippen LogP contribution in [0.15, 0.2) is 23.1 Å². The van der Waals surface area contributed by atoms with Gasteiger partial charge < -0.3 is 4.90 Å². The van der Waals surface area contributed by atoms with E-state index in [1.54, 1.807) is 0 Å². The van der Waals surface area contributed by atoms with Crippen molar-refractivity contribution in [1.82, 2.24) is 9.62 Å². The molecule has 122 valence electrons.